The Bertz CT molecular complexity index is 418. The van der Waals surface area contributed by atoms with Crippen molar-refractivity contribution in [3.8, 4) is 5.75 Å². The van der Waals surface area contributed by atoms with E-state index in [9.17, 15) is 0 Å². The molecule has 1 aromatic carbocycles. The summed E-state index contributed by atoms with van der Waals surface area (Å²) in [4.78, 5) is 0. The zero-order chi connectivity index (χ0) is 14.0. The molecule has 0 spiro atoms. The second kappa shape index (κ2) is 5.96. The van der Waals surface area contributed by atoms with Crippen molar-refractivity contribution < 1.29 is 4.74 Å². The van der Waals surface area contributed by atoms with Gasteiger partial charge in [-0.05, 0) is 55.8 Å². The third kappa shape index (κ3) is 2.79. The van der Waals surface area contributed by atoms with E-state index in [0.717, 1.165) is 17.6 Å². The molecule has 0 saturated heterocycles. The molecule has 1 aliphatic carbocycles. The predicted octanol–water partition coefficient (Wildman–Crippen LogP) is 4.01. The molecule has 0 aliphatic heterocycles. The minimum atomic E-state index is 0.473. The Morgan fingerprint density at radius 3 is 2.26 bits per heavy atom. The Kier molecular flexibility index (Phi) is 4.51. The molecule has 19 heavy (non-hydrogen) atoms. The van der Waals surface area contributed by atoms with Gasteiger partial charge in [-0.25, -0.2) is 0 Å². The van der Waals surface area contributed by atoms with Gasteiger partial charge in [-0.1, -0.05) is 31.9 Å². The first kappa shape index (κ1) is 14.4. The summed E-state index contributed by atoms with van der Waals surface area (Å²) in [5, 5.41) is 3.54. The van der Waals surface area contributed by atoms with Gasteiger partial charge in [-0.3, -0.25) is 0 Å². The summed E-state index contributed by atoms with van der Waals surface area (Å²) in [6.45, 7) is 6.67. The Labute approximate surface area is 117 Å². The molecule has 1 fully saturated rings. The van der Waals surface area contributed by atoms with Crippen LogP contribution in [0.5, 0.6) is 5.75 Å². The quantitative estimate of drug-likeness (QED) is 0.884. The maximum Gasteiger partial charge on any atom is 0.124 e. The van der Waals surface area contributed by atoms with Gasteiger partial charge < -0.3 is 10.1 Å². The summed E-state index contributed by atoms with van der Waals surface area (Å²) in [6, 6.07) is 5.05. The van der Waals surface area contributed by atoms with E-state index in [-0.39, 0.29) is 0 Å². The number of ether oxygens (including phenoxy) is 1. The first-order chi connectivity index (χ1) is 9.08. The van der Waals surface area contributed by atoms with E-state index in [4.69, 9.17) is 4.74 Å². The minimum absolute atomic E-state index is 0.473. The van der Waals surface area contributed by atoms with Crippen molar-refractivity contribution in [1.29, 1.82) is 0 Å². The van der Waals surface area contributed by atoms with Gasteiger partial charge in [-0.15, -0.1) is 0 Å². The molecule has 1 N–H and O–H groups in total. The normalized spacial score (nSPS) is 24.5. The van der Waals surface area contributed by atoms with E-state index in [0.29, 0.717) is 6.04 Å². The first-order valence-electron chi connectivity index (χ1n) is 7.40. The van der Waals surface area contributed by atoms with Crippen LogP contribution >= 0.6 is 0 Å². The van der Waals surface area contributed by atoms with Crippen LogP contribution in [0.3, 0.4) is 0 Å². The topological polar surface area (TPSA) is 21.3 Å². The fraction of sp³-hybridized carbons (Fsp3) is 0.647. The molecule has 0 aromatic heterocycles. The molecule has 0 radical (unpaired) electrons. The van der Waals surface area contributed by atoms with Crippen LogP contribution in [0, 0.1) is 25.7 Å². The number of nitrogens with one attached hydrogen (secondary N) is 1. The van der Waals surface area contributed by atoms with Crippen LogP contribution in [0.15, 0.2) is 12.1 Å². The lowest BCUT2D eigenvalue weighted by Gasteiger charge is -2.28. The third-order valence-corrected chi connectivity index (χ3v) is 4.71. The van der Waals surface area contributed by atoms with Gasteiger partial charge in [-0.2, -0.15) is 0 Å². The van der Waals surface area contributed by atoms with Crippen molar-refractivity contribution in [2.45, 2.75) is 46.1 Å². The molecule has 106 valence electrons. The second-order valence-corrected chi connectivity index (χ2v) is 6.03. The highest BCUT2D eigenvalue weighted by Crippen LogP contribution is 2.41. The summed E-state index contributed by atoms with van der Waals surface area (Å²) in [5.74, 6) is 2.61. The van der Waals surface area contributed by atoms with Crippen molar-refractivity contribution in [1.82, 2.24) is 5.32 Å². The fourth-order valence-electron chi connectivity index (χ4n) is 3.78. The van der Waals surface area contributed by atoms with Gasteiger partial charge in [0.2, 0.25) is 0 Å². The average Bonchev–Trinajstić information content (AvgIpc) is 2.77. The zero-order valence-electron chi connectivity index (χ0n) is 12.9. The van der Waals surface area contributed by atoms with Crippen molar-refractivity contribution in [3.05, 3.63) is 28.8 Å². The Morgan fingerprint density at radius 2 is 1.84 bits per heavy atom. The van der Waals surface area contributed by atoms with Crippen LogP contribution in [0.25, 0.3) is 0 Å². The summed E-state index contributed by atoms with van der Waals surface area (Å²) >= 11 is 0. The first-order valence-corrected chi connectivity index (χ1v) is 7.40. The largest absolute Gasteiger partial charge is 0.496 e. The molecular weight excluding hydrogens is 234 g/mol. The summed E-state index contributed by atoms with van der Waals surface area (Å²) in [6.07, 6.45) is 4.09. The van der Waals surface area contributed by atoms with Crippen LogP contribution in [-0.2, 0) is 0 Å². The maximum absolute atomic E-state index is 5.47. The van der Waals surface area contributed by atoms with E-state index >= 15 is 0 Å². The van der Waals surface area contributed by atoms with Crippen LogP contribution < -0.4 is 10.1 Å². The zero-order valence-corrected chi connectivity index (χ0v) is 12.9. The van der Waals surface area contributed by atoms with Gasteiger partial charge in [0.25, 0.3) is 0 Å². The van der Waals surface area contributed by atoms with E-state index in [2.05, 4.69) is 45.3 Å². The molecule has 1 aliphatic rings. The van der Waals surface area contributed by atoms with Crippen LogP contribution in [0.1, 0.15) is 48.9 Å². The van der Waals surface area contributed by atoms with Gasteiger partial charge in [0.15, 0.2) is 0 Å². The Balaban J connectivity index is 2.33. The summed E-state index contributed by atoms with van der Waals surface area (Å²) in [7, 11) is 3.84. The molecule has 0 amide bonds. The molecule has 2 rings (SSSR count). The molecule has 0 heterocycles. The van der Waals surface area contributed by atoms with E-state index < -0.39 is 0 Å². The Morgan fingerprint density at radius 1 is 1.21 bits per heavy atom. The number of methoxy groups -OCH3 is 1. The van der Waals surface area contributed by atoms with Gasteiger partial charge in [0, 0.05) is 6.04 Å². The van der Waals surface area contributed by atoms with Crippen molar-refractivity contribution in [2.24, 2.45) is 11.8 Å². The predicted molar refractivity (Wildman–Crippen MR) is 80.8 cm³/mol. The standard InChI is InChI=1S/C17H27NO/c1-11-7-6-8-15(11)16(18-4)14-9-12(2)17(19-5)13(3)10-14/h9-11,15-16,18H,6-8H2,1-5H3. The maximum atomic E-state index is 5.47. The summed E-state index contributed by atoms with van der Waals surface area (Å²) < 4.78 is 5.47. The number of hydrogen-bond donors (Lipinski definition) is 1. The van der Waals surface area contributed by atoms with Crippen LogP contribution in [0.4, 0.5) is 0 Å². The number of aryl methyl sites for hydroxylation is 2. The SMILES string of the molecule is CNC(c1cc(C)c(OC)c(C)c1)C1CCCC1C. The fourth-order valence-corrected chi connectivity index (χ4v) is 3.78. The molecule has 2 nitrogen and oxygen atoms in total. The molecule has 1 aromatic rings. The smallest absolute Gasteiger partial charge is 0.124 e. The number of benzene rings is 1. The van der Waals surface area contributed by atoms with Gasteiger partial charge >= 0.3 is 0 Å². The van der Waals surface area contributed by atoms with E-state index in [1.807, 2.05) is 0 Å². The molecular formula is C17H27NO. The highest BCUT2D eigenvalue weighted by Gasteiger charge is 2.31. The van der Waals surface area contributed by atoms with E-state index in [1.165, 1.54) is 36.0 Å². The highest BCUT2D eigenvalue weighted by atomic mass is 16.5. The number of rotatable bonds is 4. The van der Waals surface area contributed by atoms with Crippen molar-refractivity contribution >= 4 is 0 Å². The lowest BCUT2D eigenvalue weighted by Crippen LogP contribution is -2.27. The molecule has 1 saturated carbocycles. The molecule has 3 unspecified atom stereocenters. The van der Waals surface area contributed by atoms with E-state index in [1.54, 1.807) is 7.11 Å². The average molecular weight is 261 g/mol. The molecule has 2 heteroatoms. The molecule has 3 atom stereocenters. The highest BCUT2D eigenvalue weighted by molar-refractivity contribution is 5.44. The van der Waals surface area contributed by atoms with Crippen molar-refractivity contribution in [3.63, 3.8) is 0 Å². The monoisotopic (exact) mass is 261 g/mol. The Hall–Kier alpha value is -1.02. The van der Waals surface area contributed by atoms with Crippen molar-refractivity contribution in [2.75, 3.05) is 14.2 Å². The minimum Gasteiger partial charge on any atom is -0.496 e. The lowest BCUT2D eigenvalue weighted by molar-refractivity contribution is 0.315. The summed E-state index contributed by atoms with van der Waals surface area (Å²) in [5.41, 5.74) is 3.89. The number of hydrogen-bond acceptors (Lipinski definition) is 2. The van der Waals surface area contributed by atoms with Crippen LogP contribution in [0.2, 0.25) is 0 Å². The van der Waals surface area contributed by atoms with Gasteiger partial charge in [0.05, 0.1) is 7.11 Å². The molecule has 0 bridgehead atoms. The van der Waals surface area contributed by atoms with Gasteiger partial charge in [0.1, 0.15) is 5.75 Å². The second-order valence-electron chi connectivity index (χ2n) is 6.03. The lowest BCUT2D eigenvalue weighted by atomic mass is 9.85. The third-order valence-electron chi connectivity index (χ3n) is 4.71. The van der Waals surface area contributed by atoms with Crippen LogP contribution in [-0.4, -0.2) is 14.2 Å².